The van der Waals surface area contributed by atoms with Crippen LogP contribution in [-0.4, -0.2) is 35.8 Å². The smallest absolute Gasteiger partial charge is 0.262 e. The number of carbonyl (C=O) groups is 1. The Morgan fingerprint density at radius 3 is 2.06 bits per heavy atom. The fourth-order valence-electron chi connectivity index (χ4n) is 4.39. The molecule has 6 heteroatoms. The van der Waals surface area contributed by atoms with Crippen molar-refractivity contribution >= 4 is 17.4 Å². The average molecular weight is 479 g/mol. The maximum Gasteiger partial charge on any atom is 0.262 e. The van der Waals surface area contributed by atoms with Crippen LogP contribution in [-0.2, 0) is 4.79 Å². The number of nitrogens with zero attached hydrogens (tertiary/aromatic N) is 3. The number of hydrogen-bond donors (Lipinski definition) is 1. The van der Waals surface area contributed by atoms with Crippen LogP contribution in [0.4, 0.5) is 11.5 Å². The highest BCUT2D eigenvalue weighted by atomic mass is 16.5. The van der Waals surface area contributed by atoms with Crippen molar-refractivity contribution in [3.8, 4) is 28.1 Å². The fraction of sp³-hybridized carbons (Fsp3) is 0.233. The zero-order valence-corrected chi connectivity index (χ0v) is 20.3. The number of carbonyl (C=O) groups excluding carboxylic acids is 1. The van der Waals surface area contributed by atoms with Gasteiger partial charge in [-0.05, 0) is 60.4 Å². The van der Waals surface area contributed by atoms with Gasteiger partial charge in [-0.3, -0.25) is 4.79 Å². The minimum Gasteiger partial charge on any atom is -0.484 e. The van der Waals surface area contributed by atoms with Crippen LogP contribution in [0.5, 0.6) is 5.75 Å². The number of anilines is 2. The first-order valence-corrected chi connectivity index (χ1v) is 12.5. The zero-order valence-electron chi connectivity index (χ0n) is 20.3. The van der Waals surface area contributed by atoms with Crippen molar-refractivity contribution in [2.45, 2.75) is 25.7 Å². The van der Waals surface area contributed by atoms with E-state index < -0.39 is 0 Å². The molecule has 1 aliphatic rings. The Morgan fingerprint density at radius 1 is 0.722 bits per heavy atom. The summed E-state index contributed by atoms with van der Waals surface area (Å²) < 4.78 is 5.66. The van der Waals surface area contributed by atoms with Crippen LogP contribution in [0.15, 0.2) is 91.0 Å². The number of ether oxygens (including phenoxy) is 1. The van der Waals surface area contributed by atoms with E-state index in [9.17, 15) is 4.79 Å². The maximum absolute atomic E-state index is 12.4. The Labute approximate surface area is 212 Å². The van der Waals surface area contributed by atoms with Crippen molar-refractivity contribution in [3.05, 3.63) is 91.0 Å². The third kappa shape index (κ3) is 6.08. The molecule has 0 radical (unpaired) electrons. The largest absolute Gasteiger partial charge is 0.484 e. The van der Waals surface area contributed by atoms with Gasteiger partial charge in [-0.25, -0.2) is 0 Å². The first-order valence-electron chi connectivity index (χ1n) is 12.5. The molecule has 0 aliphatic carbocycles. The van der Waals surface area contributed by atoms with Crippen molar-refractivity contribution in [1.29, 1.82) is 0 Å². The van der Waals surface area contributed by atoms with Gasteiger partial charge < -0.3 is 15.0 Å². The van der Waals surface area contributed by atoms with E-state index >= 15 is 0 Å². The van der Waals surface area contributed by atoms with E-state index in [1.165, 1.54) is 25.7 Å². The van der Waals surface area contributed by atoms with E-state index in [0.717, 1.165) is 41.3 Å². The highest BCUT2D eigenvalue weighted by molar-refractivity contribution is 5.92. The van der Waals surface area contributed by atoms with Gasteiger partial charge in [0.2, 0.25) is 0 Å². The van der Waals surface area contributed by atoms with Crippen molar-refractivity contribution in [2.24, 2.45) is 0 Å². The molecule has 0 spiro atoms. The molecule has 1 fully saturated rings. The van der Waals surface area contributed by atoms with E-state index in [4.69, 9.17) is 4.74 Å². The molecule has 0 unspecified atom stereocenters. The summed E-state index contributed by atoms with van der Waals surface area (Å²) in [5.74, 6) is 1.39. The SMILES string of the molecule is O=C(COc1ccc(-c2ccccc2)cc1)Nc1ccc(-c2ccc(N3CCCCCC3)nn2)cc1. The molecular weight excluding hydrogens is 448 g/mol. The molecule has 0 bridgehead atoms. The molecule has 5 rings (SSSR count). The monoisotopic (exact) mass is 478 g/mol. The summed E-state index contributed by atoms with van der Waals surface area (Å²) in [6.45, 7) is 2.03. The normalized spacial score (nSPS) is 13.6. The van der Waals surface area contributed by atoms with Crippen LogP contribution in [0.1, 0.15) is 25.7 Å². The molecule has 2 heterocycles. The van der Waals surface area contributed by atoms with Crippen molar-refractivity contribution < 1.29 is 9.53 Å². The van der Waals surface area contributed by atoms with E-state index in [0.29, 0.717) is 11.4 Å². The lowest BCUT2D eigenvalue weighted by atomic mass is 10.1. The van der Waals surface area contributed by atoms with Gasteiger partial charge in [0.1, 0.15) is 5.75 Å². The molecule has 1 aromatic heterocycles. The number of hydrogen-bond acceptors (Lipinski definition) is 5. The van der Waals surface area contributed by atoms with E-state index in [-0.39, 0.29) is 12.5 Å². The topological polar surface area (TPSA) is 67.3 Å². The molecule has 1 amide bonds. The van der Waals surface area contributed by atoms with Crippen LogP contribution in [0.3, 0.4) is 0 Å². The fourth-order valence-corrected chi connectivity index (χ4v) is 4.39. The minimum absolute atomic E-state index is 0.0597. The lowest BCUT2D eigenvalue weighted by Crippen LogP contribution is -2.25. The van der Waals surface area contributed by atoms with Gasteiger partial charge >= 0.3 is 0 Å². The van der Waals surface area contributed by atoms with Gasteiger partial charge in [0.15, 0.2) is 12.4 Å². The molecule has 1 N–H and O–H groups in total. The molecule has 182 valence electrons. The summed E-state index contributed by atoms with van der Waals surface area (Å²) in [5, 5.41) is 11.8. The van der Waals surface area contributed by atoms with E-state index in [1.54, 1.807) is 0 Å². The predicted molar refractivity (Wildman–Crippen MR) is 144 cm³/mol. The number of rotatable bonds is 7. The molecule has 36 heavy (non-hydrogen) atoms. The quantitative estimate of drug-likeness (QED) is 0.342. The van der Waals surface area contributed by atoms with Crippen LogP contribution in [0.2, 0.25) is 0 Å². The number of benzene rings is 3. The average Bonchev–Trinajstić information content (AvgIpc) is 3.23. The highest BCUT2D eigenvalue weighted by Crippen LogP contribution is 2.23. The third-order valence-electron chi connectivity index (χ3n) is 6.38. The summed E-state index contributed by atoms with van der Waals surface area (Å²) in [6, 6.07) is 29.6. The van der Waals surface area contributed by atoms with Crippen LogP contribution in [0.25, 0.3) is 22.4 Å². The molecule has 0 atom stereocenters. The van der Waals surface area contributed by atoms with Gasteiger partial charge in [0, 0.05) is 24.3 Å². The highest BCUT2D eigenvalue weighted by Gasteiger charge is 2.12. The molecular formula is C30H30N4O2. The summed E-state index contributed by atoms with van der Waals surface area (Å²) in [4.78, 5) is 14.7. The summed E-state index contributed by atoms with van der Waals surface area (Å²) >= 11 is 0. The Kier molecular flexibility index (Phi) is 7.52. The minimum atomic E-state index is -0.212. The summed E-state index contributed by atoms with van der Waals surface area (Å²) in [7, 11) is 0. The number of aromatic nitrogens is 2. The first kappa shape index (κ1) is 23.5. The maximum atomic E-state index is 12.4. The third-order valence-corrected chi connectivity index (χ3v) is 6.38. The van der Waals surface area contributed by atoms with Gasteiger partial charge in [-0.15, -0.1) is 10.2 Å². The van der Waals surface area contributed by atoms with Gasteiger partial charge in [-0.1, -0.05) is 67.4 Å². The van der Waals surface area contributed by atoms with Crippen molar-refractivity contribution in [2.75, 3.05) is 29.9 Å². The molecule has 3 aromatic carbocycles. The van der Waals surface area contributed by atoms with Crippen molar-refractivity contribution in [3.63, 3.8) is 0 Å². The molecule has 0 saturated carbocycles. The van der Waals surface area contributed by atoms with Gasteiger partial charge in [0.05, 0.1) is 5.69 Å². The molecule has 6 nitrogen and oxygen atoms in total. The van der Waals surface area contributed by atoms with E-state index in [2.05, 4.69) is 32.5 Å². The number of nitrogens with one attached hydrogen (secondary N) is 1. The van der Waals surface area contributed by atoms with Crippen molar-refractivity contribution in [1.82, 2.24) is 10.2 Å². The van der Waals surface area contributed by atoms with Crippen LogP contribution in [0, 0.1) is 0 Å². The second-order valence-corrected chi connectivity index (χ2v) is 8.98. The lowest BCUT2D eigenvalue weighted by Gasteiger charge is -2.20. The lowest BCUT2D eigenvalue weighted by molar-refractivity contribution is -0.118. The zero-order chi connectivity index (χ0) is 24.6. The van der Waals surface area contributed by atoms with Crippen LogP contribution >= 0.6 is 0 Å². The van der Waals surface area contributed by atoms with Gasteiger partial charge in [-0.2, -0.15) is 0 Å². The molecule has 1 saturated heterocycles. The Balaban J connectivity index is 1.13. The second-order valence-electron chi connectivity index (χ2n) is 8.98. The Bertz CT molecular complexity index is 1250. The van der Waals surface area contributed by atoms with Crippen LogP contribution < -0.4 is 15.0 Å². The predicted octanol–water partition coefficient (Wildman–Crippen LogP) is 6.21. The second kappa shape index (κ2) is 11.5. The Morgan fingerprint density at radius 2 is 1.39 bits per heavy atom. The summed E-state index contributed by atoms with van der Waals surface area (Å²) in [5.41, 5.74) is 4.73. The first-order chi connectivity index (χ1) is 17.7. The van der Waals surface area contributed by atoms with Gasteiger partial charge in [0.25, 0.3) is 5.91 Å². The van der Waals surface area contributed by atoms with E-state index in [1.807, 2.05) is 78.9 Å². The summed E-state index contributed by atoms with van der Waals surface area (Å²) in [6.07, 6.45) is 5.00. The standard InChI is InChI=1S/C30H30N4O2/c35-30(22-36-27-16-12-24(13-17-27)23-8-4-3-5-9-23)31-26-14-10-25(11-15-26)28-18-19-29(33-32-28)34-20-6-1-2-7-21-34/h3-5,8-19H,1-2,6-7,20-22H2,(H,31,35). The molecule has 4 aromatic rings. The number of amides is 1. The molecule has 1 aliphatic heterocycles. The Hall–Kier alpha value is -4.19.